The van der Waals surface area contributed by atoms with Gasteiger partial charge in [0.1, 0.15) is 0 Å². The number of hydrogen-bond acceptors (Lipinski definition) is 3. The minimum absolute atomic E-state index is 0.0224. The summed E-state index contributed by atoms with van der Waals surface area (Å²) in [5.41, 5.74) is 4.55. The highest BCUT2D eigenvalue weighted by atomic mass is 16.5. The lowest BCUT2D eigenvalue weighted by Gasteiger charge is -2.27. The standard InChI is InChI=1S/C18H18N2O2/c21-18(20-10-8-14(9-11-20)13-6-7-13)16-12-17(22-19-16)15-4-2-1-3-5-15/h1-5,12H,6-11H2. The van der Waals surface area contributed by atoms with Crippen LogP contribution in [-0.4, -0.2) is 29.1 Å². The predicted octanol–water partition coefficient (Wildman–Crippen LogP) is 3.67. The second-order valence-corrected chi connectivity index (χ2v) is 5.94. The summed E-state index contributed by atoms with van der Waals surface area (Å²) in [5.74, 6) is 0.618. The Morgan fingerprint density at radius 2 is 1.68 bits per heavy atom. The van der Waals surface area contributed by atoms with Gasteiger partial charge in [0.25, 0.3) is 5.91 Å². The molecule has 1 aliphatic heterocycles. The number of nitrogens with zero attached hydrogens (tertiary/aromatic N) is 2. The van der Waals surface area contributed by atoms with Gasteiger partial charge in [0.05, 0.1) is 0 Å². The van der Waals surface area contributed by atoms with E-state index >= 15 is 0 Å². The van der Waals surface area contributed by atoms with Crippen LogP contribution in [0.25, 0.3) is 11.3 Å². The summed E-state index contributed by atoms with van der Waals surface area (Å²) in [6.45, 7) is 1.59. The third-order valence-corrected chi connectivity index (χ3v) is 4.44. The van der Waals surface area contributed by atoms with E-state index in [2.05, 4.69) is 5.16 Å². The number of carbonyl (C=O) groups is 1. The van der Waals surface area contributed by atoms with Crippen molar-refractivity contribution in [3.63, 3.8) is 0 Å². The van der Waals surface area contributed by atoms with Gasteiger partial charge in [-0.2, -0.15) is 0 Å². The van der Waals surface area contributed by atoms with Gasteiger partial charge in [-0.15, -0.1) is 0 Å². The van der Waals surface area contributed by atoms with Crippen LogP contribution >= 0.6 is 0 Å². The quantitative estimate of drug-likeness (QED) is 0.794. The molecular formula is C18H18N2O2. The lowest BCUT2D eigenvalue weighted by Crippen LogP contribution is -2.36. The number of carbonyl (C=O) groups excluding carboxylic acids is 1. The molecule has 112 valence electrons. The van der Waals surface area contributed by atoms with Gasteiger partial charge in [0.2, 0.25) is 0 Å². The average Bonchev–Trinajstić information content (AvgIpc) is 3.32. The van der Waals surface area contributed by atoms with E-state index in [-0.39, 0.29) is 5.91 Å². The third kappa shape index (κ3) is 2.56. The van der Waals surface area contributed by atoms with E-state index in [0.29, 0.717) is 11.5 Å². The van der Waals surface area contributed by atoms with Crippen LogP contribution in [0.5, 0.6) is 0 Å². The van der Waals surface area contributed by atoms with E-state index in [1.54, 1.807) is 17.2 Å². The summed E-state index contributed by atoms with van der Waals surface area (Å²) in [4.78, 5) is 14.4. The van der Waals surface area contributed by atoms with Crippen molar-refractivity contribution in [1.82, 2.24) is 10.1 Å². The van der Waals surface area contributed by atoms with Crippen molar-refractivity contribution < 1.29 is 9.32 Å². The SMILES string of the molecule is O=C(c1cc(-c2ccccc2)on1)N1CCC(=C2CC2)CC1. The Kier molecular flexibility index (Phi) is 3.29. The monoisotopic (exact) mass is 294 g/mol. The number of hydrogen-bond donors (Lipinski definition) is 0. The van der Waals surface area contributed by atoms with E-state index in [9.17, 15) is 4.79 Å². The van der Waals surface area contributed by atoms with E-state index in [1.165, 1.54) is 12.8 Å². The second-order valence-electron chi connectivity index (χ2n) is 5.94. The molecule has 1 saturated carbocycles. The lowest BCUT2D eigenvalue weighted by atomic mass is 10.0. The molecule has 2 aromatic rings. The van der Waals surface area contributed by atoms with Gasteiger partial charge in [0.15, 0.2) is 11.5 Å². The minimum Gasteiger partial charge on any atom is -0.355 e. The van der Waals surface area contributed by atoms with E-state index in [1.807, 2.05) is 35.2 Å². The Morgan fingerprint density at radius 3 is 2.36 bits per heavy atom. The highest BCUT2D eigenvalue weighted by Gasteiger charge is 2.26. The zero-order chi connectivity index (χ0) is 14.9. The van der Waals surface area contributed by atoms with E-state index in [4.69, 9.17) is 4.52 Å². The van der Waals surface area contributed by atoms with Crippen LogP contribution in [0, 0.1) is 0 Å². The topological polar surface area (TPSA) is 46.3 Å². The molecule has 0 bridgehead atoms. The first-order chi connectivity index (χ1) is 10.8. The molecule has 0 atom stereocenters. The van der Waals surface area contributed by atoms with Crippen LogP contribution < -0.4 is 0 Å². The first kappa shape index (κ1) is 13.3. The first-order valence-corrected chi connectivity index (χ1v) is 7.82. The number of aromatic nitrogens is 1. The number of rotatable bonds is 2. The summed E-state index contributed by atoms with van der Waals surface area (Å²) in [6, 6.07) is 11.5. The first-order valence-electron chi connectivity index (χ1n) is 7.82. The van der Waals surface area contributed by atoms with Gasteiger partial charge < -0.3 is 9.42 Å². The molecule has 4 heteroatoms. The summed E-state index contributed by atoms with van der Waals surface area (Å²) in [5, 5.41) is 3.96. The smallest absolute Gasteiger partial charge is 0.276 e. The average molecular weight is 294 g/mol. The normalized spacial score (nSPS) is 17.7. The van der Waals surface area contributed by atoms with Crippen LogP contribution in [0.1, 0.15) is 36.2 Å². The molecule has 2 aliphatic rings. The molecule has 2 fully saturated rings. The van der Waals surface area contributed by atoms with Crippen molar-refractivity contribution in [3.8, 4) is 11.3 Å². The van der Waals surface area contributed by atoms with Crippen molar-refractivity contribution in [2.24, 2.45) is 0 Å². The molecule has 0 unspecified atom stereocenters. The molecule has 2 heterocycles. The van der Waals surface area contributed by atoms with Crippen LogP contribution in [0.15, 0.2) is 52.1 Å². The number of allylic oxidation sites excluding steroid dienone is 1. The minimum atomic E-state index is -0.0224. The Morgan fingerprint density at radius 1 is 1.00 bits per heavy atom. The van der Waals surface area contributed by atoms with Crippen LogP contribution in [0.2, 0.25) is 0 Å². The van der Waals surface area contributed by atoms with Crippen LogP contribution in [0.4, 0.5) is 0 Å². The van der Waals surface area contributed by atoms with Gasteiger partial charge in [0, 0.05) is 24.7 Å². The summed E-state index contributed by atoms with van der Waals surface area (Å²) >= 11 is 0. The van der Waals surface area contributed by atoms with Gasteiger partial charge in [-0.1, -0.05) is 46.6 Å². The van der Waals surface area contributed by atoms with Gasteiger partial charge in [-0.05, 0) is 25.7 Å². The molecule has 4 nitrogen and oxygen atoms in total. The van der Waals surface area contributed by atoms with Crippen LogP contribution in [-0.2, 0) is 0 Å². The largest absolute Gasteiger partial charge is 0.355 e. The summed E-state index contributed by atoms with van der Waals surface area (Å²) in [7, 11) is 0. The highest BCUT2D eigenvalue weighted by molar-refractivity contribution is 5.93. The Labute approximate surface area is 129 Å². The van der Waals surface area contributed by atoms with Crippen molar-refractivity contribution in [1.29, 1.82) is 0 Å². The fourth-order valence-corrected chi connectivity index (χ4v) is 3.03. The van der Waals surface area contributed by atoms with Gasteiger partial charge >= 0.3 is 0 Å². The molecule has 1 aliphatic carbocycles. The number of likely N-dealkylation sites (tertiary alicyclic amines) is 1. The molecule has 0 spiro atoms. The molecule has 4 rings (SSSR count). The van der Waals surface area contributed by atoms with Crippen molar-refractivity contribution >= 4 is 5.91 Å². The zero-order valence-electron chi connectivity index (χ0n) is 12.4. The maximum Gasteiger partial charge on any atom is 0.276 e. The van der Waals surface area contributed by atoms with E-state index < -0.39 is 0 Å². The van der Waals surface area contributed by atoms with Crippen molar-refractivity contribution in [3.05, 3.63) is 53.2 Å². The fourth-order valence-electron chi connectivity index (χ4n) is 3.03. The number of amides is 1. The lowest BCUT2D eigenvalue weighted by molar-refractivity contribution is 0.0733. The number of benzene rings is 1. The Hall–Kier alpha value is -2.36. The molecule has 0 N–H and O–H groups in total. The maximum absolute atomic E-state index is 12.5. The molecule has 1 saturated heterocycles. The highest BCUT2D eigenvalue weighted by Crippen LogP contribution is 2.36. The second kappa shape index (κ2) is 5.44. The Bertz CT molecular complexity index is 715. The van der Waals surface area contributed by atoms with Crippen molar-refractivity contribution in [2.75, 3.05) is 13.1 Å². The number of piperidine rings is 1. The molecule has 22 heavy (non-hydrogen) atoms. The van der Waals surface area contributed by atoms with Gasteiger partial charge in [-0.3, -0.25) is 4.79 Å². The maximum atomic E-state index is 12.5. The summed E-state index contributed by atoms with van der Waals surface area (Å²) < 4.78 is 5.33. The fraction of sp³-hybridized carbons (Fsp3) is 0.333. The van der Waals surface area contributed by atoms with Crippen LogP contribution in [0.3, 0.4) is 0 Å². The summed E-state index contributed by atoms with van der Waals surface area (Å²) in [6.07, 6.45) is 4.58. The molecule has 1 aromatic heterocycles. The molecule has 0 radical (unpaired) electrons. The van der Waals surface area contributed by atoms with Gasteiger partial charge in [-0.25, -0.2) is 0 Å². The third-order valence-electron chi connectivity index (χ3n) is 4.44. The predicted molar refractivity (Wildman–Crippen MR) is 83.3 cm³/mol. The molecule has 1 aromatic carbocycles. The zero-order valence-corrected chi connectivity index (χ0v) is 12.4. The molecule has 1 amide bonds. The Balaban J connectivity index is 1.47. The van der Waals surface area contributed by atoms with Crippen molar-refractivity contribution in [2.45, 2.75) is 25.7 Å². The van der Waals surface area contributed by atoms with E-state index in [0.717, 1.165) is 31.5 Å². The molecular weight excluding hydrogens is 276 g/mol.